The molecule has 0 atom stereocenters. The highest BCUT2D eigenvalue weighted by molar-refractivity contribution is 5.83. The van der Waals surface area contributed by atoms with Crippen molar-refractivity contribution in [2.24, 2.45) is 0 Å². The molecular weight excluding hydrogens is 254 g/mol. The molecule has 2 aromatic rings. The Kier molecular flexibility index (Phi) is 3.76. The molecule has 102 valence electrons. The zero-order chi connectivity index (χ0) is 14.7. The second-order valence-corrected chi connectivity index (χ2v) is 4.59. The molecule has 1 amide bonds. The molecule has 5 nitrogen and oxygen atoms in total. The zero-order valence-corrected chi connectivity index (χ0v) is 11.4. The number of nitrogen functional groups attached to an aromatic ring is 1. The largest absolute Gasteiger partial charge is 0.439 e. The maximum atomic E-state index is 11.9. The summed E-state index contributed by atoms with van der Waals surface area (Å²) in [4.78, 5) is 13.4. The van der Waals surface area contributed by atoms with Crippen LogP contribution in [0.4, 0.5) is 5.88 Å². The van der Waals surface area contributed by atoms with Crippen molar-refractivity contribution in [1.82, 2.24) is 4.90 Å². The lowest BCUT2D eigenvalue weighted by molar-refractivity contribution is -0.127. The number of likely N-dealkylation sites (N-methyl/N-ethyl adjacent to an activating group) is 1. The molecule has 0 saturated heterocycles. The fraction of sp³-hybridized carbons (Fsp3) is 0.200. The first kappa shape index (κ1) is 13.7. The van der Waals surface area contributed by atoms with Crippen LogP contribution in [0.1, 0.15) is 11.1 Å². The van der Waals surface area contributed by atoms with E-state index in [1.807, 2.05) is 36.4 Å². The van der Waals surface area contributed by atoms with Gasteiger partial charge < -0.3 is 15.1 Å². The van der Waals surface area contributed by atoms with Gasteiger partial charge in [-0.3, -0.25) is 4.79 Å². The van der Waals surface area contributed by atoms with Crippen LogP contribution in [-0.2, 0) is 11.2 Å². The summed E-state index contributed by atoms with van der Waals surface area (Å²) in [6, 6.07) is 11.3. The summed E-state index contributed by atoms with van der Waals surface area (Å²) in [5, 5.41) is 9.20. The van der Waals surface area contributed by atoms with Crippen LogP contribution in [0.5, 0.6) is 0 Å². The number of benzene rings is 1. The summed E-state index contributed by atoms with van der Waals surface area (Å²) in [6.45, 7) is 0. The molecule has 1 aromatic heterocycles. The number of amides is 1. The first-order valence-electron chi connectivity index (χ1n) is 6.11. The molecule has 0 aliphatic carbocycles. The second-order valence-electron chi connectivity index (χ2n) is 4.59. The SMILES string of the molecule is CN(C)C(=O)Cc1c(-c2ccccc2)oc(N)c1C#N. The summed E-state index contributed by atoms with van der Waals surface area (Å²) in [5.74, 6) is 0.419. The number of hydrogen-bond donors (Lipinski definition) is 1. The van der Waals surface area contributed by atoms with Crippen molar-refractivity contribution in [2.45, 2.75) is 6.42 Å². The van der Waals surface area contributed by atoms with Crippen LogP contribution >= 0.6 is 0 Å². The Morgan fingerprint density at radius 1 is 1.35 bits per heavy atom. The molecule has 0 bridgehead atoms. The molecular formula is C15H15N3O2. The van der Waals surface area contributed by atoms with E-state index in [1.165, 1.54) is 4.90 Å². The van der Waals surface area contributed by atoms with Gasteiger partial charge in [0.15, 0.2) is 0 Å². The topological polar surface area (TPSA) is 83.3 Å². The van der Waals surface area contributed by atoms with Gasteiger partial charge in [0.2, 0.25) is 11.8 Å². The van der Waals surface area contributed by atoms with Gasteiger partial charge in [-0.1, -0.05) is 30.3 Å². The van der Waals surface area contributed by atoms with E-state index in [4.69, 9.17) is 10.2 Å². The summed E-state index contributed by atoms with van der Waals surface area (Å²) in [5.41, 5.74) is 7.29. The van der Waals surface area contributed by atoms with E-state index in [9.17, 15) is 10.1 Å². The fourth-order valence-corrected chi connectivity index (χ4v) is 1.91. The molecule has 0 aliphatic rings. The number of nitrogens with zero attached hydrogens (tertiary/aromatic N) is 2. The molecule has 0 radical (unpaired) electrons. The van der Waals surface area contributed by atoms with Crippen LogP contribution in [0.3, 0.4) is 0 Å². The molecule has 2 N–H and O–H groups in total. The van der Waals surface area contributed by atoms with Crippen LogP contribution in [-0.4, -0.2) is 24.9 Å². The van der Waals surface area contributed by atoms with E-state index in [1.54, 1.807) is 14.1 Å². The van der Waals surface area contributed by atoms with Crippen molar-refractivity contribution < 1.29 is 9.21 Å². The van der Waals surface area contributed by atoms with Gasteiger partial charge in [-0.15, -0.1) is 0 Å². The van der Waals surface area contributed by atoms with Crippen LogP contribution < -0.4 is 5.73 Å². The number of carbonyl (C=O) groups is 1. The van der Waals surface area contributed by atoms with Gasteiger partial charge >= 0.3 is 0 Å². The summed E-state index contributed by atoms with van der Waals surface area (Å²) in [6.07, 6.45) is 0.0841. The molecule has 2 rings (SSSR count). The standard InChI is InChI=1S/C15H15N3O2/c1-18(2)13(19)8-11-12(9-16)15(17)20-14(11)10-6-4-3-5-7-10/h3-7H,8,17H2,1-2H3. The monoisotopic (exact) mass is 269 g/mol. The third-order valence-corrected chi connectivity index (χ3v) is 3.01. The number of rotatable bonds is 3. The molecule has 0 spiro atoms. The van der Waals surface area contributed by atoms with Gasteiger partial charge in [0.25, 0.3) is 0 Å². The lowest BCUT2D eigenvalue weighted by Crippen LogP contribution is -2.23. The predicted molar refractivity (Wildman–Crippen MR) is 75.7 cm³/mol. The van der Waals surface area contributed by atoms with Crippen LogP contribution in [0, 0.1) is 11.3 Å². The molecule has 5 heteroatoms. The lowest BCUT2D eigenvalue weighted by Gasteiger charge is -2.10. The number of nitriles is 1. The minimum atomic E-state index is -0.112. The molecule has 20 heavy (non-hydrogen) atoms. The van der Waals surface area contributed by atoms with Gasteiger partial charge in [0, 0.05) is 25.2 Å². The van der Waals surface area contributed by atoms with Gasteiger partial charge in [-0.05, 0) is 0 Å². The maximum Gasteiger partial charge on any atom is 0.226 e. The first-order chi connectivity index (χ1) is 9.54. The average molecular weight is 269 g/mol. The van der Waals surface area contributed by atoms with Crippen LogP contribution in [0.25, 0.3) is 11.3 Å². The zero-order valence-electron chi connectivity index (χ0n) is 11.4. The van der Waals surface area contributed by atoms with Crippen LogP contribution in [0.15, 0.2) is 34.7 Å². The van der Waals surface area contributed by atoms with Crippen molar-refractivity contribution in [3.63, 3.8) is 0 Å². The molecule has 0 fully saturated rings. The van der Waals surface area contributed by atoms with Crippen molar-refractivity contribution in [1.29, 1.82) is 5.26 Å². The minimum absolute atomic E-state index is 0.0490. The first-order valence-corrected chi connectivity index (χ1v) is 6.11. The predicted octanol–water partition coefficient (Wildman–Crippen LogP) is 2.03. The molecule has 1 aromatic carbocycles. The Bertz CT molecular complexity index is 666. The molecule has 0 saturated carbocycles. The van der Waals surface area contributed by atoms with E-state index in [-0.39, 0.29) is 23.8 Å². The van der Waals surface area contributed by atoms with Gasteiger partial charge in [-0.25, -0.2) is 0 Å². The van der Waals surface area contributed by atoms with E-state index in [0.29, 0.717) is 11.3 Å². The Labute approximate surface area is 117 Å². The minimum Gasteiger partial charge on any atom is -0.439 e. The Morgan fingerprint density at radius 2 is 2.00 bits per heavy atom. The number of nitrogens with two attached hydrogens (primary N) is 1. The third kappa shape index (κ3) is 2.50. The highest BCUT2D eigenvalue weighted by Crippen LogP contribution is 2.33. The van der Waals surface area contributed by atoms with Crippen molar-refractivity contribution in [2.75, 3.05) is 19.8 Å². The summed E-state index contributed by atoms with van der Waals surface area (Å²) >= 11 is 0. The third-order valence-electron chi connectivity index (χ3n) is 3.01. The van der Waals surface area contributed by atoms with E-state index in [2.05, 4.69) is 0 Å². The van der Waals surface area contributed by atoms with Crippen molar-refractivity contribution in [3.05, 3.63) is 41.5 Å². The Balaban J connectivity index is 2.53. The normalized spacial score (nSPS) is 10.1. The van der Waals surface area contributed by atoms with E-state index < -0.39 is 0 Å². The van der Waals surface area contributed by atoms with Crippen molar-refractivity contribution >= 4 is 11.8 Å². The second kappa shape index (κ2) is 5.49. The smallest absolute Gasteiger partial charge is 0.226 e. The van der Waals surface area contributed by atoms with E-state index >= 15 is 0 Å². The average Bonchev–Trinajstić information content (AvgIpc) is 2.75. The highest BCUT2D eigenvalue weighted by Gasteiger charge is 2.22. The number of anilines is 1. The van der Waals surface area contributed by atoms with Crippen LogP contribution in [0.2, 0.25) is 0 Å². The molecule has 0 aliphatic heterocycles. The van der Waals surface area contributed by atoms with Gasteiger partial charge in [-0.2, -0.15) is 5.26 Å². The molecule has 0 unspecified atom stereocenters. The Morgan fingerprint density at radius 3 is 2.55 bits per heavy atom. The Hall–Kier alpha value is -2.74. The van der Waals surface area contributed by atoms with Gasteiger partial charge in [0.1, 0.15) is 17.4 Å². The maximum absolute atomic E-state index is 11.9. The quantitative estimate of drug-likeness (QED) is 0.924. The molecule has 1 heterocycles. The van der Waals surface area contributed by atoms with E-state index in [0.717, 1.165) is 5.56 Å². The lowest BCUT2D eigenvalue weighted by atomic mass is 10.0. The fourth-order valence-electron chi connectivity index (χ4n) is 1.91. The van der Waals surface area contributed by atoms with Gasteiger partial charge in [0.05, 0.1) is 6.42 Å². The number of carbonyl (C=O) groups excluding carboxylic acids is 1. The summed E-state index contributed by atoms with van der Waals surface area (Å²) in [7, 11) is 3.33. The van der Waals surface area contributed by atoms with Crippen molar-refractivity contribution in [3.8, 4) is 17.4 Å². The highest BCUT2D eigenvalue weighted by atomic mass is 16.4. The number of hydrogen-bond acceptors (Lipinski definition) is 4. The summed E-state index contributed by atoms with van der Waals surface area (Å²) < 4.78 is 5.49. The number of furan rings is 1.